The van der Waals surface area contributed by atoms with Gasteiger partial charge >= 0.3 is 0 Å². The molecule has 1 N–H and O–H groups in total. The maximum Gasteiger partial charge on any atom is 0.109 e. The Labute approximate surface area is 106 Å². The average Bonchev–Trinajstić information content (AvgIpc) is 2.98. The van der Waals surface area contributed by atoms with Crippen molar-refractivity contribution in [2.75, 3.05) is 0 Å². The number of benzene rings is 1. The second-order valence-corrected chi connectivity index (χ2v) is 5.47. The highest BCUT2D eigenvalue weighted by molar-refractivity contribution is 7.09. The summed E-state index contributed by atoms with van der Waals surface area (Å²) < 4.78 is 0. The molecular formula is C14H16N2S. The number of hydrogen-bond donors (Lipinski definition) is 1. The fraction of sp³-hybridized carbons (Fsp3) is 0.357. The van der Waals surface area contributed by atoms with Gasteiger partial charge in [0.05, 0.1) is 6.04 Å². The first-order chi connectivity index (χ1) is 8.34. The lowest BCUT2D eigenvalue weighted by atomic mass is 10.1. The molecule has 3 rings (SSSR count). The monoisotopic (exact) mass is 244 g/mol. The van der Waals surface area contributed by atoms with Gasteiger partial charge in [0.2, 0.25) is 0 Å². The maximum absolute atomic E-state index is 4.37. The van der Waals surface area contributed by atoms with Gasteiger partial charge in [-0.05, 0) is 30.9 Å². The number of nitrogens with one attached hydrogen (secondary N) is 1. The van der Waals surface area contributed by atoms with Crippen molar-refractivity contribution in [3.8, 4) is 0 Å². The largest absolute Gasteiger partial charge is 0.301 e. The molecule has 0 saturated carbocycles. The van der Waals surface area contributed by atoms with Crippen LogP contribution >= 0.6 is 11.3 Å². The molecule has 0 radical (unpaired) electrons. The van der Waals surface area contributed by atoms with E-state index in [0.29, 0.717) is 12.1 Å². The molecule has 0 fully saturated rings. The van der Waals surface area contributed by atoms with Crippen molar-refractivity contribution >= 4 is 11.3 Å². The first kappa shape index (κ1) is 10.9. The molecule has 0 spiro atoms. The Morgan fingerprint density at radius 3 is 3.12 bits per heavy atom. The molecule has 1 aromatic carbocycles. The van der Waals surface area contributed by atoms with Gasteiger partial charge in [0.25, 0.3) is 0 Å². The van der Waals surface area contributed by atoms with Crippen LogP contribution in [0.2, 0.25) is 0 Å². The number of hydrogen-bond acceptors (Lipinski definition) is 3. The summed E-state index contributed by atoms with van der Waals surface area (Å²) in [4.78, 5) is 4.37. The summed E-state index contributed by atoms with van der Waals surface area (Å²) in [6, 6.07) is 9.58. The fourth-order valence-corrected chi connectivity index (χ4v) is 3.21. The molecule has 2 aromatic rings. The Kier molecular flexibility index (Phi) is 2.95. The maximum atomic E-state index is 4.37. The van der Waals surface area contributed by atoms with Crippen LogP contribution in [0, 0.1) is 0 Å². The van der Waals surface area contributed by atoms with E-state index in [1.54, 1.807) is 11.3 Å². The molecule has 1 heterocycles. The van der Waals surface area contributed by atoms with Gasteiger partial charge < -0.3 is 5.32 Å². The normalized spacial score (nSPS) is 20.2. The van der Waals surface area contributed by atoms with Gasteiger partial charge in [-0.2, -0.15) is 0 Å². The van der Waals surface area contributed by atoms with Crippen molar-refractivity contribution in [3.63, 3.8) is 0 Å². The highest BCUT2D eigenvalue weighted by atomic mass is 32.1. The first-order valence-electron chi connectivity index (χ1n) is 6.08. The van der Waals surface area contributed by atoms with E-state index in [1.807, 2.05) is 11.6 Å². The minimum absolute atomic E-state index is 0.339. The molecule has 0 amide bonds. The summed E-state index contributed by atoms with van der Waals surface area (Å²) in [6.45, 7) is 2.19. The zero-order chi connectivity index (χ0) is 11.7. The lowest BCUT2D eigenvalue weighted by Gasteiger charge is -2.18. The van der Waals surface area contributed by atoms with Gasteiger partial charge in [-0.1, -0.05) is 24.3 Å². The zero-order valence-corrected chi connectivity index (χ0v) is 10.7. The number of fused-ring (bicyclic) bond motifs is 1. The quantitative estimate of drug-likeness (QED) is 0.894. The van der Waals surface area contributed by atoms with E-state index in [0.717, 1.165) is 0 Å². The molecule has 1 aliphatic carbocycles. The first-order valence-corrected chi connectivity index (χ1v) is 6.96. The van der Waals surface area contributed by atoms with Crippen molar-refractivity contribution in [2.45, 2.75) is 31.8 Å². The molecule has 0 bridgehead atoms. The van der Waals surface area contributed by atoms with Crippen LogP contribution in [0.4, 0.5) is 0 Å². The van der Waals surface area contributed by atoms with Crippen molar-refractivity contribution in [3.05, 3.63) is 52.0 Å². The van der Waals surface area contributed by atoms with E-state index in [1.165, 1.54) is 29.0 Å². The second kappa shape index (κ2) is 4.59. The molecule has 2 unspecified atom stereocenters. The van der Waals surface area contributed by atoms with Crippen molar-refractivity contribution in [2.24, 2.45) is 0 Å². The van der Waals surface area contributed by atoms with Crippen molar-refractivity contribution in [1.29, 1.82) is 0 Å². The van der Waals surface area contributed by atoms with E-state index in [2.05, 4.69) is 41.5 Å². The molecule has 88 valence electrons. The highest BCUT2D eigenvalue weighted by Crippen LogP contribution is 2.32. The SMILES string of the molecule is CC(NC1CCc2ccccc21)c1nccs1. The summed E-state index contributed by atoms with van der Waals surface area (Å²) >= 11 is 1.72. The predicted molar refractivity (Wildman–Crippen MR) is 71.2 cm³/mol. The van der Waals surface area contributed by atoms with Crippen LogP contribution in [0.1, 0.15) is 41.6 Å². The van der Waals surface area contributed by atoms with Crippen molar-refractivity contribution < 1.29 is 0 Å². The lowest BCUT2D eigenvalue weighted by Crippen LogP contribution is -2.22. The smallest absolute Gasteiger partial charge is 0.109 e. The topological polar surface area (TPSA) is 24.9 Å². The van der Waals surface area contributed by atoms with Gasteiger partial charge in [-0.15, -0.1) is 11.3 Å². The van der Waals surface area contributed by atoms with Crippen molar-refractivity contribution in [1.82, 2.24) is 10.3 Å². The Hall–Kier alpha value is -1.19. The minimum atomic E-state index is 0.339. The lowest BCUT2D eigenvalue weighted by molar-refractivity contribution is 0.464. The molecule has 3 heteroatoms. The van der Waals surface area contributed by atoms with E-state index >= 15 is 0 Å². The third-order valence-electron chi connectivity index (χ3n) is 3.41. The Morgan fingerprint density at radius 1 is 1.41 bits per heavy atom. The minimum Gasteiger partial charge on any atom is -0.301 e. The van der Waals surface area contributed by atoms with Crippen LogP contribution in [0.3, 0.4) is 0 Å². The summed E-state index contributed by atoms with van der Waals surface area (Å²) in [5, 5.41) is 6.90. The number of aromatic nitrogens is 1. The third kappa shape index (κ3) is 2.13. The summed E-state index contributed by atoms with van der Waals surface area (Å²) in [5.41, 5.74) is 2.97. The molecule has 0 saturated heterocycles. The van der Waals surface area contributed by atoms with E-state index < -0.39 is 0 Å². The summed E-state index contributed by atoms with van der Waals surface area (Å²) in [6.07, 6.45) is 4.27. The summed E-state index contributed by atoms with van der Waals surface area (Å²) in [5.74, 6) is 0. The number of nitrogens with zero attached hydrogens (tertiary/aromatic N) is 1. The standard InChI is InChI=1S/C14H16N2S/c1-10(14-15-8-9-17-14)16-13-7-6-11-4-2-3-5-12(11)13/h2-5,8-10,13,16H,6-7H2,1H3. The van der Waals surface area contributed by atoms with Crippen LogP contribution in [0.25, 0.3) is 0 Å². The molecule has 1 aromatic heterocycles. The Morgan fingerprint density at radius 2 is 2.29 bits per heavy atom. The van der Waals surface area contributed by atoms with E-state index in [-0.39, 0.29) is 0 Å². The molecule has 2 atom stereocenters. The van der Waals surface area contributed by atoms with Crippen LogP contribution in [-0.2, 0) is 6.42 Å². The number of thiazole rings is 1. The number of aryl methyl sites for hydroxylation is 1. The van der Waals surface area contributed by atoms with Gasteiger partial charge in [0.1, 0.15) is 5.01 Å². The molecule has 17 heavy (non-hydrogen) atoms. The highest BCUT2D eigenvalue weighted by Gasteiger charge is 2.23. The van der Waals surface area contributed by atoms with E-state index in [4.69, 9.17) is 0 Å². The van der Waals surface area contributed by atoms with Gasteiger partial charge in [0, 0.05) is 17.6 Å². The summed E-state index contributed by atoms with van der Waals surface area (Å²) in [7, 11) is 0. The van der Waals surface area contributed by atoms with Gasteiger partial charge in [0.15, 0.2) is 0 Å². The molecule has 2 nitrogen and oxygen atoms in total. The van der Waals surface area contributed by atoms with Crippen LogP contribution in [0.15, 0.2) is 35.8 Å². The van der Waals surface area contributed by atoms with E-state index in [9.17, 15) is 0 Å². The predicted octanol–water partition coefficient (Wildman–Crippen LogP) is 3.48. The van der Waals surface area contributed by atoms with Crippen LogP contribution in [0.5, 0.6) is 0 Å². The molecule has 0 aliphatic heterocycles. The second-order valence-electron chi connectivity index (χ2n) is 4.55. The van der Waals surface area contributed by atoms with Gasteiger partial charge in [-0.3, -0.25) is 0 Å². The van der Waals surface area contributed by atoms with Crippen LogP contribution in [-0.4, -0.2) is 4.98 Å². The average molecular weight is 244 g/mol. The fourth-order valence-electron chi connectivity index (χ4n) is 2.55. The van der Waals surface area contributed by atoms with Crippen LogP contribution < -0.4 is 5.32 Å². The Bertz CT molecular complexity index is 493. The zero-order valence-electron chi connectivity index (χ0n) is 9.89. The number of rotatable bonds is 3. The molecular weight excluding hydrogens is 228 g/mol. The molecule has 1 aliphatic rings. The third-order valence-corrected chi connectivity index (χ3v) is 4.36. The van der Waals surface area contributed by atoms with Gasteiger partial charge in [-0.25, -0.2) is 4.98 Å². The Balaban J connectivity index is 1.75.